The molecule has 0 amide bonds. The van der Waals surface area contributed by atoms with Gasteiger partial charge in [0.2, 0.25) is 0 Å². The first kappa shape index (κ1) is 16.8. The molecule has 2 rings (SSSR count). The van der Waals surface area contributed by atoms with Gasteiger partial charge in [0.1, 0.15) is 10.7 Å². The fraction of sp³-hybridized carbons (Fsp3) is 0. The summed E-state index contributed by atoms with van der Waals surface area (Å²) in [4.78, 5) is -0.170. The summed E-state index contributed by atoms with van der Waals surface area (Å²) < 4.78 is 41.3. The van der Waals surface area contributed by atoms with Gasteiger partial charge >= 0.3 is 0 Å². The summed E-state index contributed by atoms with van der Waals surface area (Å²) in [7, 11) is -3.95. The van der Waals surface area contributed by atoms with Crippen LogP contribution in [-0.2, 0) is 10.0 Å². The number of sulfonamides is 1. The highest BCUT2D eigenvalue weighted by molar-refractivity contribution is 14.1. The second kappa shape index (κ2) is 6.27. The lowest BCUT2D eigenvalue weighted by Crippen LogP contribution is -2.14. The van der Waals surface area contributed by atoms with Crippen molar-refractivity contribution in [3.8, 4) is 0 Å². The number of nitrogens with one attached hydrogen (secondary N) is 1. The molecule has 0 saturated heterocycles. The first-order valence-electron chi connectivity index (χ1n) is 5.43. The molecule has 0 radical (unpaired) electrons. The third kappa shape index (κ3) is 3.79. The molecule has 0 heterocycles. The van der Waals surface area contributed by atoms with Crippen LogP contribution in [0.15, 0.2) is 39.7 Å². The second-order valence-corrected chi connectivity index (χ2v) is 8.19. The minimum absolute atomic E-state index is 0.0725. The summed E-state index contributed by atoms with van der Waals surface area (Å²) in [6, 6.07) is 6.91. The van der Waals surface area contributed by atoms with E-state index in [-0.39, 0.29) is 25.8 Å². The van der Waals surface area contributed by atoms with Gasteiger partial charge in [-0.3, -0.25) is 4.72 Å². The molecule has 2 aromatic carbocycles. The molecule has 0 fully saturated rings. The van der Waals surface area contributed by atoms with Gasteiger partial charge in [-0.05, 0) is 68.9 Å². The number of halogens is 4. The normalized spacial score (nSPS) is 11.4. The fourth-order valence-electron chi connectivity index (χ4n) is 1.52. The Morgan fingerprint density at radius 3 is 2.57 bits per heavy atom. The number of benzene rings is 2. The third-order valence-electron chi connectivity index (χ3n) is 2.52. The Hall–Kier alpha value is -0.580. The second-order valence-electron chi connectivity index (χ2n) is 4.03. The van der Waals surface area contributed by atoms with Gasteiger partial charge in [0, 0.05) is 8.04 Å². The molecule has 21 heavy (non-hydrogen) atoms. The van der Waals surface area contributed by atoms with Crippen molar-refractivity contribution in [2.75, 3.05) is 10.5 Å². The van der Waals surface area contributed by atoms with Gasteiger partial charge in [0.25, 0.3) is 10.0 Å². The van der Waals surface area contributed by atoms with Gasteiger partial charge in [-0.1, -0.05) is 11.6 Å². The molecule has 3 N–H and O–H groups in total. The largest absolute Gasteiger partial charge is 0.396 e. The molecule has 0 aliphatic heterocycles. The van der Waals surface area contributed by atoms with Crippen LogP contribution in [0.2, 0.25) is 5.02 Å². The van der Waals surface area contributed by atoms with E-state index in [1.165, 1.54) is 0 Å². The molecule has 0 aliphatic rings. The molecule has 0 aliphatic carbocycles. The van der Waals surface area contributed by atoms with Gasteiger partial charge < -0.3 is 5.73 Å². The molecule has 0 atom stereocenters. The maximum atomic E-state index is 13.3. The summed E-state index contributed by atoms with van der Waals surface area (Å²) >= 11 is 11.1. The van der Waals surface area contributed by atoms with E-state index in [0.717, 1.165) is 15.7 Å². The van der Waals surface area contributed by atoms with Crippen molar-refractivity contribution in [3.63, 3.8) is 0 Å². The van der Waals surface area contributed by atoms with Gasteiger partial charge in [-0.25, -0.2) is 12.8 Å². The zero-order valence-corrected chi connectivity index (χ0v) is 15.5. The number of nitrogens with two attached hydrogens (primary N) is 1. The molecule has 0 unspecified atom stereocenters. The number of hydrogen-bond acceptors (Lipinski definition) is 3. The topological polar surface area (TPSA) is 72.2 Å². The van der Waals surface area contributed by atoms with Crippen molar-refractivity contribution < 1.29 is 12.8 Å². The van der Waals surface area contributed by atoms with Crippen LogP contribution in [-0.4, -0.2) is 8.42 Å². The van der Waals surface area contributed by atoms with Crippen LogP contribution < -0.4 is 10.5 Å². The van der Waals surface area contributed by atoms with E-state index in [4.69, 9.17) is 17.3 Å². The first-order valence-corrected chi connectivity index (χ1v) is 9.16. The molecule has 2 aromatic rings. The zero-order chi connectivity index (χ0) is 15.8. The Labute approximate surface area is 148 Å². The van der Waals surface area contributed by atoms with Crippen molar-refractivity contribution in [2.45, 2.75) is 4.90 Å². The van der Waals surface area contributed by atoms with Gasteiger partial charge in [-0.2, -0.15) is 0 Å². The minimum Gasteiger partial charge on any atom is -0.396 e. The van der Waals surface area contributed by atoms with Gasteiger partial charge in [0.15, 0.2) is 0 Å². The Bertz CT molecular complexity index is 817. The quantitative estimate of drug-likeness (QED) is 0.485. The summed E-state index contributed by atoms with van der Waals surface area (Å²) in [5.41, 5.74) is 5.39. The Kier molecular flexibility index (Phi) is 5.01. The van der Waals surface area contributed by atoms with E-state index in [1.807, 2.05) is 0 Å². The Morgan fingerprint density at radius 2 is 1.95 bits per heavy atom. The van der Waals surface area contributed by atoms with Crippen LogP contribution in [0.4, 0.5) is 15.8 Å². The molecule has 0 saturated carbocycles. The minimum atomic E-state index is -3.95. The third-order valence-corrected chi connectivity index (χ3v) is 5.82. The van der Waals surface area contributed by atoms with Crippen molar-refractivity contribution in [1.82, 2.24) is 0 Å². The summed E-state index contributed by atoms with van der Waals surface area (Å²) in [6.07, 6.45) is 0. The van der Waals surface area contributed by atoms with Crippen molar-refractivity contribution in [3.05, 3.63) is 49.2 Å². The average Bonchev–Trinajstić information content (AvgIpc) is 2.37. The molecule has 0 aromatic heterocycles. The van der Waals surface area contributed by atoms with Crippen molar-refractivity contribution >= 4 is 71.5 Å². The standard InChI is InChI=1S/C12H8BrClFIN2O2S/c13-7-4-9(15)10(17)5-12(7)21(19,20)18-11-2-1-6(16)3-8(11)14/h1-5,18H,17H2. The molecular formula is C12H8BrClFIN2O2S. The lowest BCUT2D eigenvalue weighted by atomic mass is 10.3. The smallest absolute Gasteiger partial charge is 0.263 e. The highest BCUT2D eigenvalue weighted by atomic mass is 127. The van der Waals surface area contributed by atoms with E-state index in [0.29, 0.717) is 0 Å². The monoisotopic (exact) mass is 504 g/mol. The van der Waals surface area contributed by atoms with Gasteiger partial charge in [-0.15, -0.1) is 0 Å². The maximum Gasteiger partial charge on any atom is 0.263 e. The number of anilines is 2. The summed E-state index contributed by atoms with van der Waals surface area (Å²) in [5, 5.41) is 0.261. The predicted octanol–water partition coefficient (Wildman–Crippen LogP) is 4.23. The number of nitrogen functional groups attached to an aromatic ring is 1. The Balaban J connectivity index is 2.46. The molecule has 0 spiro atoms. The highest BCUT2D eigenvalue weighted by Gasteiger charge is 2.21. The average molecular weight is 506 g/mol. The van der Waals surface area contributed by atoms with Crippen LogP contribution in [0.3, 0.4) is 0 Å². The van der Waals surface area contributed by atoms with Gasteiger partial charge in [0.05, 0.1) is 16.4 Å². The van der Waals surface area contributed by atoms with Crippen molar-refractivity contribution in [2.24, 2.45) is 0 Å². The maximum absolute atomic E-state index is 13.3. The number of rotatable bonds is 3. The van der Waals surface area contributed by atoms with Crippen LogP contribution >= 0.6 is 50.1 Å². The van der Waals surface area contributed by atoms with Crippen LogP contribution in [0.25, 0.3) is 0 Å². The zero-order valence-electron chi connectivity index (χ0n) is 10.2. The molecule has 112 valence electrons. The fourth-order valence-corrected chi connectivity index (χ4v) is 4.61. The summed E-state index contributed by atoms with van der Waals surface area (Å²) in [6.45, 7) is 0. The summed E-state index contributed by atoms with van der Waals surface area (Å²) in [5.74, 6) is -0.701. The van der Waals surface area contributed by atoms with Crippen LogP contribution in [0, 0.1) is 9.39 Å². The number of hydrogen-bond donors (Lipinski definition) is 2. The first-order chi connectivity index (χ1) is 9.70. The van der Waals surface area contributed by atoms with E-state index in [2.05, 4.69) is 43.2 Å². The predicted molar refractivity (Wildman–Crippen MR) is 93.5 cm³/mol. The SMILES string of the molecule is Nc1cc(S(=O)(=O)Nc2ccc(I)cc2Cl)c(Br)cc1F. The van der Waals surface area contributed by atoms with Crippen molar-refractivity contribution in [1.29, 1.82) is 0 Å². The lowest BCUT2D eigenvalue weighted by Gasteiger charge is -2.12. The highest BCUT2D eigenvalue weighted by Crippen LogP contribution is 2.30. The molecular weight excluding hydrogens is 497 g/mol. The van der Waals surface area contributed by atoms with E-state index in [9.17, 15) is 12.8 Å². The molecule has 9 heteroatoms. The lowest BCUT2D eigenvalue weighted by molar-refractivity contribution is 0.599. The van der Waals surface area contributed by atoms with Crippen LogP contribution in [0.1, 0.15) is 0 Å². The Morgan fingerprint density at radius 1 is 1.29 bits per heavy atom. The van der Waals surface area contributed by atoms with E-state index in [1.54, 1.807) is 18.2 Å². The van der Waals surface area contributed by atoms with E-state index < -0.39 is 15.8 Å². The molecule has 0 bridgehead atoms. The van der Waals surface area contributed by atoms with Crippen LogP contribution in [0.5, 0.6) is 0 Å². The molecule has 4 nitrogen and oxygen atoms in total. The van der Waals surface area contributed by atoms with E-state index >= 15 is 0 Å².